The number of pyridine rings is 1. The Morgan fingerprint density at radius 1 is 0.889 bits per heavy atom. The summed E-state index contributed by atoms with van der Waals surface area (Å²) in [7, 11) is 0. The van der Waals surface area contributed by atoms with E-state index in [9.17, 15) is 4.79 Å². The molecule has 6 nitrogen and oxygen atoms in total. The molecule has 1 amide bonds. The lowest BCUT2D eigenvalue weighted by molar-refractivity contribution is 0.0746. The van der Waals surface area contributed by atoms with Crippen LogP contribution in [0.2, 0.25) is 0 Å². The Hall–Kier alpha value is -3.28. The summed E-state index contributed by atoms with van der Waals surface area (Å²) in [4.78, 5) is 21.0. The molecule has 1 aliphatic rings. The molecule has 0 radical (unpaired) electrons. The average molecular weight is 359 g/mol. The molecule has 2 aromatic heterocycles. The summed E-state index contributed by atoms with van der Waals surface area (Å²) in [6, 6.07) is 17.4. The molecule has 1 aromatic carbocycles. The molecule has 3 heterocycles. The molecule has 27 heavy (non-hydrogen) atoms. The first-order chi connectivity index (χ1) is 13.2. The number of carbonyl (C=O) groups excluding carboxylic acids is 1. The number of piperazine rings is 1. The minimum Gasteiger partial charge on any atom is -0.352 e. The van der Waals surface area contributed by atoms with Crippen molar-refractivity contribution >= 4 is 11.7 Å². The van der Waals surface area contributed by atoms with Crippen molar-refractivity contribution in [3.05, 3.63) is 71.9 Å². The molecule has 1 saturated heterocycles. The highest BCUT2D eigenvalue weighted by molar-refractivity contribution is 5.94. The number of rotatable bonds is 3. The number of carbonyl (C=O) groups is 1. The summed E-state index contributed by atoms with van der Waals surface area (Å²) in [5.74, 6) is 0.923. The van der Waals surface area contributed by atoms with Gasteiger partial charge in [-0.15, -0.1) is 10.2 Å². The molecular formula is C21H21N5O. The maximum Gasteiger partial charge on any atom is 0.253 e. The van der Waals surface area contributed by atoms with E-state index in [1.54, 1.807) is 6.20 Å². The number of amides is 1. The van der Waals surface area contributed by atoms with E-state index in [4.69, 9.17) is 0 Å². The van der Waals surface area contributed by atoms with Gasteiger partial charge < -0.3 is 9.80 Å². The van der Waals surface area contributed by atoms with Gasteiger partial charge in [0.05, 0.1) is 5.69 Å². The Balaban J connectivity index is 1.40. The summed E-state index contributed by atoms with van der Waals surface area (Å²) >= 11 is 0. The minimum atomic E-state index is 0.0925. The lowest BCUT2D eigenvalue weighted by Gasteiger charge is -2.35. The zero-order chi connectivity index (χ0) is 18.6. The van der Waals surface area contributed by atoms with Crippen LogP contribution < -0.4 is 4.90 Å². The van der Waals surface area contributed by atoms with Gasteiger partial charge in [-0.2, -0.15) is 0 Å². The van der Waals surface area contributed by atoms with Crippen molar-refractivity contribution in [3.8, 4) is 11.4 Å². The number of aryl methyl sites for hydroxylation is 1. The van der Waals surface area contributed by atoms with Crippen LogP contribution >= 0.6 is 0 Å². The number of aromatic nitrogens is 3. The van der Waals surface area contributed by atoms with Crippen LogP contribution in [0, 0.1) is 6.92 Å². The van der Waals surface area contributed by atoms with Gasteiger partial charge in [-0.25, -0.2) is 0 Å². The van der Waals surface area contributed by atoms with E-state index >= 15 is 0 Å². The lowest BCUT2D eigenvalue weighted by Crippen LogP contribution is -2.49. The fraction of sp³-hybridized carbons (Fsp3) is 0.238. The van der Waals surface area contributed by atoms with Crippen LogP contribution in [-0.2, 0) is 0 Å². The van der Waals surface area contributed by atoms with Crippen molar-refractivity contribution < 1.29 is 4.79 Å². The third-order valence-corrected chi connectivity index (χ3v) is 4.73. The number of nitrogens with zero attached hydrogens (tertiary/aromatic N) is 5. The summed E-state index contributed by atoms with van der Waals surface area (Å²) < 4.78 is 0. The lowest BCUT2D eigenvalue weighted by atomic mass is 10.1. The molecule has 3 aromatic rings. The standard InChI is InChI=1S/C21H21N5O/c1-16-5-4-6-17(15-16)21(27)26-13-11-25(12-14-26)20-9-8-19(23-24-20)18-7-2-3-10-22-18/h2-10,15H,11-14H2,1H3. The fourth-order valence-corrected chi connectivity index (χ4v) is 3.24. The molecule has 0 spiro atoms. The van der Waals surface area contributed by atoms with Crippen LogP contribution in [0.4, 0.5) is 5.82 Å². The second-order valence-corrected chi connectivity index (χ2v) is 6.64. The normalized spacial score (nSPS) is 14.3. The maximum atomic E-state index is 12.7. The van der Waals surface area contributed by atoms with Crippen molar-refractivity contribution in [2.24, 2.45) is 0 Å². The second-order valence-electron chi connectivity index (χ2n) is 6.64. The first-order valence-electron chi connectivity index (χ1n) is 9.07. The molecule has 1 aliphatic heterocycles. The van der Waals surface area contributed by atoms with Gasteiger partial charge >= 0.3 is 0 Å². The molecule has 6 heteroatoms. The molecule has 4 rings (SSSR count). The van der Waals surface area contributed by atoms with E-state index in [-0.39, 0.29) is 5.91 Å². The first-order valence-corrected chi connectivity index (χ1v) is 9.07. The van der Waals surface area contributed by atoms with Crippen LogP contribution in [0.25, 0.3) is 11.4 Å². The highest BCUT2D eigenvalue weighted by Crippen LogP contribution is 2.18. The molecule has 1 fully saturated rings. The first kappa shape index (κ1) is 17.1. The van der Waals surface area contributed by atoms with Gasteiger partial charge in [0.15, 0.2) is 5.82 Å². The summed E-state index contributed by atoms with van der Waals surface area (Å²) in [6.45, 7) is 4.85. The van der Waals surface area contributed by atoms with Crippen molar-refractivity contribution in [3.63, 3.8) is 0 Å². The molecule has 0 unspecified atom stereocenters. The van der Waals surface area contributed by atoms with Crippen LogP contribution in [0.1, 0.15) is 15.9 Å². The predicted octanol–water partition coefficient (Wildman–Crippen LogP) is 2.81. The largest absolute Gasteiger partial charge is 0.352 e. The van der Waals surface area contributed by atoms with E-state index in [2.05, 4.69) is 20.1 Å². The van der Waals surface area contributed by atoms with E-state index in [0.29, 0.717) is 13.1 Å². The van der Waals surface area contributed by atoms with Gasteiger partial charge in [-0.1, -0.05) is 23.8 Å². The number of benzene rings is 1. The highest BCUT2D eigenvalue weighted by atomic mass is 16.2. The van der Waals surface area contributed by atoms with Crippen molar-refractivity contribution in [1.82, 2.24) is 20.1 Å². The van der Waals surface area contributed by atoms with Gasteiger partial charge in [0.25, 0.3) is 5.91 Å². The molecule has 0 saturated carbocycles. The highest BCUT2D eigenvalue weighted by Gasteiger charge is 2.23. The Kier molecular flexibility index (Phi) is 4.78. The Labute approximate surface area is 158 Å². The number of hydrogen-bond donors (Lipinski definition) is 0. The summed E-state index contributed by atoms with van der Waals surface area (Å²) in [6.07, 6.45) is 1.75. The second kappa shape index (κ2) is 7.53. The smallest absolute Gasteiger partial charge is 0.253 e. The third-order valence-electron chi connectivity index (χ3n) is 4.73. The van der Waals surface area contributed by atoms with Crippen molar-refractivity contribution in [2.45, 2.75) is 6.92 Å². The van der Waals surface area contributed by atoms with Gasteiger partial charge in [0.2, 0.25) is 0 Å². The molecule has 0 N–H and O–H groups in total. The Morgan fingerprint density at radius 2 is 1.74 bits per heavy atom. The molecule has 0 bridgehead atoms. The quantitative estimate of drug-likeness (QED) is 0.720. The van der Waals surface area contributed by atoms with Gasteiger partial charge in [-0.05, 0) is 43.3 Å². The minimum absolute atomic E-state index is 0.0925. The van der Waals surface area contributed by atoms with Crippen LogP contribution in [-0.4, -0.2) is 52.2 Å². The van der Waals surface area contributed by atoms with E-state index in [1.165, 1.54) is 0 Å². The van der Waals surface area contributed by atoms with E-state index in [0.717, 1.165) is 41.4 Å². The maximum absolute atomic E-state index is 12.7. The van der Waals surface area contributed by atoms with Crippen LogP contribution in [0.5, 0.6) is 0 Å². The van der Waals surface area contributed by atoms with Gasteiger partial charge in [-0.3, -0.25) is 9.78 Å². The van der Waals surface area contributed by atoms with Crippen LogP contribution in [0.15, 0.2) is 60.8 Å². The van der Waals surface area contributed by atoms with Crippen molar-refractivity contribution in [2.75, 3.05) is 31.1 Å². The molecule has 0 aliphatic carbocycles. The Bertz CT molecular complexity index is 919. The topological polar surface area (TPSA) is 62.2 Å². The monoisotopic (exact) mass is 359 g/mol. The average Bonchev–Trinajstić information content (AvgIpc) is 2.74. The Morgan fingerprint density at radius 3 is 2.41 bits per heavy atom. The number of hydrogen-bond acceptors (Lipinski definition) is 5. The van der Waals surface area contributed by atoms with E-state index < -0.39 is 0 Å². The zero-order valence-electron chi connectivity index (χ0n) is 15.2. The van der Waals surface area contributed by atoms with Gasteiger partial charge in [0, 0.05) is 37.9 Å². The SMILES string of the molecule is Cc1cccc(C(=O)N2CCN(c3ccc(-c4ccccn4)nn3)CC2)c1. The third kappa shape index (κ3) is 3.79. The van der Waals surface area contributed by atoms with Crippen LogP contribution in [0.3, 0.4) is 0 Å². The fourth-order valence-electron chi connectivity index (χ4n) is 3.24. The predicted molar refractivity (Wildman–Crippen MR) is 105 cm³/mol. The van der Waals surface area contributed by atoms with Gasteiger partial charge in [0.1, 0.15) is 5.69 Å². The molecule has 136 valence electrons. The summed E-state index contributed by atoms with van der Waals surface area (Å²) in [5.41, 5.74) is 3.42. The molecular weight excluding hydrogens is 338 g/mol. The zero-order valence-corrected chi connectivity index (χ0v) is 15.2. The number of anilines is 1. The molecule has 0 atom stereocenters. The van der Waals surface area contributed by atoms with E-state index in [1.807, 2.05) is 66.4 Å². The summed E-state index contributed by atoms with van der Waals surface area (Å²) in [5, 5.41) is 8.65. The van der Waals surface area contributed by atoms with Crippen molar-refractivity contribution in [1.29, 1.82) is 0 Å².